The molecule has 1 aromatic rings. The largest absolute Gasteiger partial charge is 0.345 e. The van der Waals surface area contributed by atoms with Gasteiger partial charge in [0.1, 0.15) is 0 Å². The zero-order chi connectivity index (χ0) is 13.5. The van der Waals surface area contributed by atoms with Gasteiger partial charge in [-0.3, -0.25) is 4.79 Å². The third-order valence-corrected chi connectivity index (χ3v) is 3.75. The van der Waals surface area contributed by atoms with Gasteiger partial charge in [0, 0.05) is 11.5 Å². The van der Waals surface area contributed by atoms with E-state index in [1.807, 2.05) is 24.3 Å². The lowest BCUT2D eigenvalue weighted by Crippen LogP contribution is -2.32. The van der Waals surface area contributed by atoms with Crippen LogP contribution in [0, 0.1) is 17.8 Å². The second kappa shape index (κ2) is 7.21. The summed E-state index contributed by atoms with van der Waals surface area (Å²) in [7, 11) is 0. The van der Waals surface area contributed by atoms with Gasteiger partial charge >= 0.3 is 0 Å². The summed E-state index contributed by atoms with van der Waals surface area (Å²) >= 11 is 6.00. The van der Waals surface area contributed by atoms with E-state index >= 15 is 0 Å². The molecule has 1 saturated carbocycles. The first-order valence-electron chi connectivity index (χ1n) is 6.78. The fourth-order valence-electron chi connectivity index (χ4n) is 2.34. The van der Waals surface area contributed by atoms with Crippen LogP contribution in [0.15, 0.2) is 24.3 Å². The molecule has 2 rings (SSSR count). The third kappa shape index (κ3) is 4.29. The van der Waals surface area contributed by atoms with Crippen molar-refractivity contribution in [2.24, 2.45) is 5.92 Å². The van der Waals surface area contributed by atoms with Crippen LogP contribution >= 0.6 is 11.6 Å². The number of hydrogen-bond acceptors (Lipinski definition) is 1. The monoisotopic (exact) mass is 275 g/mol. The van der Waals surface area contributed by atoms with Crippen LogP contribution in [0.3, 0.4) is 0 Å². The lowest BCUT2D eigenvalue weighted by atomic mass is 9.89. The zero-order valence-corrected chi connectivity index (χ0v) is 11.7. The van der Waals surface area contributed by atoms with Gasteiger partial charge in [-0.25, -0.2) is 0 Å². The average Bonchev–Trinajstić information content (AvgIpc) is 2.46. The molecule has 1 aliphatic carbocycles. The van der Waals surface area contributed by atoms with Gasteiger partial charge in [-0.05, 0) is 25.0 Å². The van der Waals surface area contributed by atoms with Crippen molar-refractivity contribution in [2.45, 2.75) is 32.1 Å². The molecular formula is C16H18ClNO. The van der Waals surface area contributed by atoms with Gasteiger partial charge in [0.05, 0.1) is 11.6 Å². The SMILES string of the molecule is O=C(NCC#Cc1ccccc1Cl)C1CCCCC1. The Kier molecular flexibility index (Phi) is 5.30. The number of nitrogens with one attached hydrogen (secondary N) is 1. The number of hydrogen-bond donors (Lipinski definition) is 1. The Morgan fingerprint density at radius 1 is 1.26 bits per heavy atom. The smallest absolute Gasteiger partial charge is 0.223 e. The minimum Gasteiger partial charge on any atom is -0.345 e. The minimum absolute atomic E-state index is 0.146. The molecule has 0 bridgehead atoms. The van der Waals surface area contributed by atoms with E-state index in [4.69, 9.17) is 11.6 Å². The van der Waals surface area contributed by atoms with Gasteiger partial charge in [-0.2, -0.15) is 0 Å². The molecule has 1 aromatic carbocycles. The topological polar surface area (TPSA) is 29.1 Å². The lowest BCUT2D eigenvalue weighted by molar-refractivity contribution is -0.125. The molecule has 100 valence electrons. The first-order valence-corrected chi connectivity index (χ1v) is 7.16. The van der Waals surface area contributed by atoms with Crippen molar-refractivity contribution in [2.75, 3.05) is 6.54 Å². The predicted molar refractivity (Wildman–Crippen MR) is 77.9 cm³/mol. The number of carbonyl (C=O) groups excluding carboxylic acids is 1. The van der Waals surface area contributed by atoms with E-state index in [1.54, 1.807) is 0 Å². The molecule has 1 aliphatic rings. The summed E-state index contributed by atoms with van der Waals surface area (Å²) in [6.07, 6.45) is 5.64. The maximum atomic E-state index is 11.9. The first kappa shape index (κ1) is 14.0. The number of amides is 1. The van der Waals surface area contributed by atoms with Crippen LogP contribution < -0.4 is 5.32 Å². The lowest BCUT2D eigenvalue weighted by Gasteiger charge is -2.19. The zero-order valence-electron chi connectivity index (χ0n) is 10.9. The van der Waals surface area contributed by atoms with E-state index in [0.29, 0.717) is 11.6 Å². The van der Waals surface area contributed by atoms with Crippen LogP contribution in [0.4, 0.5) is 0 Å². The van der Waals surface area contributed by atoms with Gasteiger partial charge in [0.2, 0.25) is 5.91 Å². The number of carbonyl (C=O) groups is 1. The number of benzene rings is 1. The highest BCUT2D eigenvalue weighted by atomic mass is 35.5. The molecule has 0 radical (unpaired) electrons. The molecule has 0 atom stereocenters. The Morgan fingerprint density at radius 3 is 2.74 bits per heavy atom. The maximum absolute atomic E-state index is 11.9. The molecule has 1 N–H and O–H groups in total. The second-order valence-electron chi connectivity index (χ2n) is 4.83. The molecule has 1 amide bonds. The van der Waals surface area contributed by atoms with Gasteiger partial charge < -0.3 is 5.32 Å². The Labute approximate surface area is 119 Å². The van der Waals surface area contributed by atoms with E-state index in [0.717, 1.165) is 18.4 Å². The molecule has 0 aliphatic heterocycles. The van der Waals surface area contributed by atoms with E-state index in [9.17, 15) is 4.79 Å². The molecule has 0 heterocycles. The van der Waals surface area contributed by atoms with E-state index in [2.05, 4.69) is 17.2 Å². The molecule has 19 heavy (non-hydrogen) atoms. The molecule has 0 aromatic heterocycles. The van der Waals surface area contributed by atoms with Crippen LogP contribution in [-0.2, 0) is 4.79 Å². The number of rotatable bonds is 2. The molecule has 0 spiro atoms. The Hall–Kier alpha value is -1.46. The number of halogens is 1. The van der Waals surface area contributed by atoms with Gasteiger partial charge in [-0.1, -0.05) is 54.8 Å². The van der Waals surface area contributed by atoms with Gasteiger partial charge in [0.25, 0.3) is 0 Å². The predicted octanol–water partition coefficient (Wildman–Crippen LogP) is 3.39. The van der Waals surface area contributed by atoms with Crippen molar-refractivity contribution in [3.8, 4) is 11.8 Å². The van der Waals surface area contributed by atoms with Crippen molar-refractivity contribution in [3.63, 3.8) is 0 Å². The van der Waals surface area contributed by atoms with Crippen molar-refractivity contribution in [1.82, 2.24) is 5.32 Å². The normalized spacial score (nSPS) is 15.4. The molecule has 2 nitrogen and oxygen atoms in total. The molecule has 0 saturated heterocycles. The van der Waals surface area contributed by atoms with E-state index in [1.165, 1.54) is 19.3 Å². The van der Waals surface area contributed by atoms with Crippen molar-refractivity contribution in [1.29, 1.82) is 0 Å². The first-order chi connectivity index (χ1) is 9.27. The summed E-state index contributed by atoms with van der Waals surface area (Å²) in [5.41, 5.74) is 0.802. The van der Waals surface area contributed by atoms with Crippen molar-refractivity contribution < 1.29 is 4.79 Å². The van der Waals surface area contributed by atoms with E-state index < -0.39 is 0 Å². The highest BCUT2D eigenvalue weighted by molar-refractivity contribution is 6.31. The molecule has 1 fully saturated rings. The van der Waals surface area contributed by atoms with Crippen molar-refractivity contribution in [3.05, 3.63) is 34.9 Å². The highest BCUT2D eigenvalue weighted by Gasteiger charge is 2.19. The fraction of sp³-hybridized carbons (Fsp3) is 0.438. The van der Waals surface area contributed by atoms with Gasteiger partial charge in [0.15, 0.2) is 0 Å². The maximum Gasteiger partial charge on any atom is 0.223 e. The van der Waals surface area contributed by atoms with Crippen molar-refractivity contribution >= 4 is 17.5 Å². The molecule has 3 heteroatoms. The summed E-state index contributed by atoms with van der Waals surface area (Å²) in [5.74, 6) is 6.26. The molecular weight excluding hydrogens is 258 g/mol. The highest BCUT2D eigenvalue weighted by Crippen LogP contribution is 2.23. The van der Waals surface area contributed by atoms with Crippen LogP contribution in [-0.4, -0.2) is 12.5 Å². The Bertz CT molecular complexity index is 495. The van der Waals surface area contributed by atoms with Crippen LogP contribution in [0.25, 0.3) is 0 Å². The van der Waals surface area contributed by atoms with Gasteiger partial charge in [-0.15, -0.1) is 0 Å². The van der Waals surface area contributed by atoms with Crippen LogP contribution in [0.1, 0.15) is 37.7 Å². The third-order valence-electron chi connectivity index (χ3n) is 3.42. The summed E-state index contributed by atoms with van der Waals surface area (Å²) in [6, 6.07) is 7.46. The molecule has 0 unspecified atom stereocenters. The standard InChI is InChI=1S/C16H18ClNO/c17-15-11-5-4-7-13(15)10-6-12-18-16(19)14-8-2-1-3-9-14/h4-5,7,11,14H,1-3,8-9,12H2,(H,18,19). The minimum atomic E-state index is 0.146. The average molecular weight is 276 g/mol. The summed E-state index contributed by atoms with van der Waals surface area (Å²) in [4.78, 5) is 11.9. The second-order valence-corrected chi connectivity index (χ2v) is 5.24. The van der Waals surface area contributed by atoms with E-state index in [-0.39, 0.29) is 11.8 Å². The summed E-state index contributed by atoms with van der Waals surface area (Å²) in [5, 5.41) is 3.53. The van der Waals surface area contributed by atoms with Crippen LogP contribution in [0.5, 0.6) is 0 Å². The quantitative estimate of drug-likeness (QED) is 0.824. The van der Waals surface area contributed by atoms with Crippen LogP contribution in [0.2, 0.25) is 5.02 Å². The fourth-order valence-corrected chi connectivity index (χ4v) is 2.53. The Morgan fingerprint density at radius 2 is 2.00 bits per heavy atom. The summed E-state index contributed by atoms with van der Waals surface area (Å²) in [6.45, 7) is 0.389. The Balaban J connectivity index is 1.80. The summed E-state index contributed by atoms with van der Waals surface area (Å²) < 4.78 is 0.